The number of aromatic nitrogens is 2. The van der Waals surface area contributed by atoms with Gasteiger partial charge in [0.25, 0.3) is 16.9 Å². The molecule has 1 spiro atoms. The lowest BCUT2D eigenvalue weighted by atomic mass is 9.94. The molecule has 2 aromatic heterocycles. The maximum Gasteiger partial charge on any atom is 0.284 e. The Morgan fingerprint density at radius 1 is 1.10 bits per heavy atom. The van der Waals surface area contributed by atoms with Gasteiger partial charge in [0.15, 0.2) is 17.3 Å². The first-order valence-corrected chi connectivity index (χ1v) is 10.5. The Morgan fingerprint density at radius 3 is 2.79 bits per heavy atom. The third-order valence-electron chi connectivity index (χ3n) is 4.90. The number of nitrogens with zero attached hydrogens (tertiary/aromatic N) is 2. The van der Waals surface area contributed by atoms with Crippen LogP contribution in [0.1, 0.15) is 32.1 Å². The number of nitrogens with one attached hydrogen (secondary N) is 1. The minimum Gasteiger partial charge on any atom is -0.459 e. The Labute approximate surface area is 171 Å². The second-order valence-electron chi connectivity index (χ2n) is 7.02. The first-order valence-electron chi connectivity index (χ1n) is 9.51. The number of fused-ring (bicyclic) bond motifs is 1. The number of thioether (sulfide) groups is 1. The van der Waals surface area contributed by atoms with E-state index in [1.807, 2.05) is 18.2 Å². The van der Waals surface area contributed by atoms with Gasteiger partial charge in [0.2, 0.25) is 5.91 Å². The molecule has 1 N–H and O–H groups in total. The fraction of sp³-hybridized carbons (Fsp3) is 0.350. The molecule has 2 aliphatic rings. The van der Waals surface area contributed by atoms with E-state index in [9.17, 15) is 4.79 Å². The molecule has 9 heteroatoms. The average molecular weight is 413 g/mol. The molecule has 0 saturated heterocycles. The molecule has 3 aromatic rings. The molecule has 1 aliphatic heterocycles. The highest BCUT2D eigenvalue weighted by Crippen LogP contribution is 2.46. The predicted octanol–water partition coefficient (Wildman–Crippen LogP) is 4.49. The molecule has 0 bridgehead atoms. The highest BCUT2D eigenvalue weighted by atomic mass is 32.2. The predicted molar refractivity (Wildman–Crippen MR) is 105 cm³/mol. The molecule has 1 aliphatic carbocycles. The molecule has 1 amide bonds. The second-order valence-corrected chi connectivity index (χ2v) is 7.95. The number of benzene rings is 1. The SMILES string of the molecule is O=C(CSc1nnc(-c2ccco2)o1)Nc1ccc2c(c1)OC1(CCCCC1)O2. The molecule has 1 fully saturated rings. The van der Waals surface area contributed by atoms with E-state index in [4.69, 9.17) is 18.3 Å². The van der Waals surface area contributed by atoms with E-state index in [-0.39, 0.29) is 17.6 Å². The van der Waals surface area contributed by atoms with Gasteiger partial charge in [0, 0.05) is 24.6 Å². The van der Waals surface area contributed by atoms with Crippen LogP contribution in [-0.2, 0) is 4.79 Å². The monoisotopic (exact) mass is 413 g/mol. The van der Waals surface area contributed by atoms with Crippen molar-refractivity contribution in [3.8, 4) is 23.1 Å². The molecule has 8 nitrogen and oxygen atoms in total. The molecule has 0 atom stereocenters. The number of hydrogen-bond acceptors (Lipinski definition) is 8. The van der Waals surface area contributed by atoms with Crippen LogP contribution >= 0.6 is 11.8 Å². The van der Waals surface area contributed by atoms with E-state index < -0.39 is 5.79 Å². The molecule has 0 radical (unpaired) electrons. The van der Waals surface area contributed by atoms with Crippen molar-refractivity contribution < 1.29 is 23.1 Å². The van der Waals surface area contributed by atoms with Crippen molar-refractivity contribution in [3.05, 3.63) is 36.6 Å². The van der Waals surface area contributed by atoms with Gasteiger partial charge in [0.1, 0.15) is 0 Å². The van der Waals surface area contributed by atoms with Crippen LogP contribution in [0.4, 0.5) is 5.69 Å². The summed E-state index contributed by atoms with van der Waals surface area (Å²) in [6, 6.07) is 8.93. The van der Waals surface area contributed by atoms with E-state index in [2.05, 4.69) is 15.5 Å². The Kier molecular flexibility index (Phi) is 4.67. The van der Waals surface area contributed by atoms with Crippen LogP contribution in [0.2, 0.25) is 0 Å². The number of amides is 1. The Bertz CT molecular complexity index is 1010. The zero-order valence-electron chi connectivity index (χ0n) is 15.6. The summed E-state index contributed by atoms with van der Waals surface area (Å²) < 4.78 is 22.9. The van der Waals surface area contributed by atoms with Gasteiger partial charge in [-0.1, -0.05) is 18.2 Å². The van der Waals surface area contributed by atoms with Gasteiger partial charge >= 0.3 is 0 Å². The van der Waals surface area contributed by atoms with Crippen LogP contribution in [0.5, 0.6) is 11.5 Å². The van der Waals surface area contributed by atoms with Gasteiger partial charge in [-0.3, -0.25) is 4.79 Å². The Balaban J connectivity index is 1.17. The summed E-state index contributed by atoms with van der Waals surface area (Å²) >= 11 is 1.16. The lowest BCUT2D eigenvalue weighted by Crippen LogP contribution is -2.40. The highest BCUT2D eigenvalue weighted by molar-refractivity contribution is 7.99. The smallest absolute Gasteiger partial charge is 0.284 e. The topological polar surface area (TPSA) is 99.6 Å². The van der Waals surface area contributed by atoms with Crippen molar-refractivity contribution >= 4 is 23.4 Å². The average Bonchev–Trinajstić information content (AvgIpc) is 3.46. The van der Waals surface area contributed by atoms with Crippen LogP contribution in [0.15, 0.2) is 50.7 Å². The van der Waals surface area contributed by atoms with Gasteiger partial charge in [-0.15, -0.1) is 10.2 Å². The molecule has 5 rings (SSSR count). The molecular weight excluding hydrogens is 394 g/mol. The van der Waals surface area contributed by atoms with E-state index in [1.165, 1.54) is 12.7 Å². The van der Waals surface area contributed by atoms with Crippen molar-refractivity contribution in [1.82, 2.24) is 10.2 Å². The summed E-state index contributed by atoms with van der Waals surface area (Å²) in [5, 5.41) is 11.0. The zero-order chi connectivity index (χ0) is 19.7. The number of carbonyl (C=O) groups excluding carboxylic acids is 1. The van der Waals surface area contributed by atoms with Gasteiger partial charge < -0.3 is 23.6 Å². The zero-order valence-corrected chi connectivity index (χ0v) is 16.4. The summed E-state index contributed by atoms with van der Waals surface area (Å²) in [5.41, 5.74) is 0.660. The minimum atomic E-state index is -0.525. The summed E-state index contributed by atoms with van der Waals surface area (Å²) in [7, 11) is 0. The molecular formula is C20H19N3O5S. The fourth-order valence-electron chi connectivity index (χ4n) is 3.56. The molecule has 1 saturated carbocycles. The van der Waals surface area contributed by atoms with Crippen LogP contribution in [0.25, 0.3) is 11.7 Å². The van der Waals surface area contributed by atoms with Crippen LogP contribution in [0, 0.1) is 0 Å². The number of furan rings is 1. The van der Waals surface area contributed by atoms with Crippen molar-refractivity contribution in [2.24, 2.45) is 0 Å². The summed E-state index contributed by atoms with van der Waals surface area (Å²) in [6.45, 7) is 0. The highest BCUT2D eigenvalue weighted by Gasteiger charge is 2.42. The van der Waals surface area contributed by atoms with E-state index in [0.29, 0.717) is 22.4 Å². The van der Waals surface area contributed by atoms with Crippen molar-refractivity contribution in [1.29, 1.82) is 0 Å². The second kappa shape index (κ2) is 7.47. The molecule has 29 heavy (non-hydrogen) atoms. The summed E-state index contributed by atoms with van der Waals surface area (Å²) in [6.07, 6.45) is 6.74. The van der Waals surface area contributed by atoms with Crippen molar-refractivity contribution in [2.75, 3.05) is 11.1 Å². The molecule has 3 heterocycles. The number of hydrogen-bond donors (Lipinski definition) is 1. The lowest BCUT2D eigenvalue weighted by Gasteiger charge is -2.31. The lowest BCUT2D eigenvalue weighted by molar-refractivity contribution is -0.113. The number of ether oxygens (including phenoxy) is 2. The fourth-order valence-corrected chi connectivity index (χ4v) is 4.12. The van der Waals surface area contributed by atoms with E-state index in [1.54, 1.807) is 12.1 Å². The molecule has 0 unspecified atom stereocenters. The molecule has 1 aromatic carbocycles. The van der Waals surface area contributed by atoms with Crippen LogP contribution < -0.4 is 14.8 Å². The Hall–Kier alpha value is -2.94. The Morgan fingerprint density at radius 2 is 1.97 bits per heavy atom. The van der Waals surface area contributed by atoms with Crippen LogP contribution in [-0.4, -0.2) is 27.6 Å². The first-order chi connectivity index (χ1) is 14.2. The molecule has 150 valence electrons. The van der Waals surface area contributed by atoms with E-state index in [0.717, 1.165) is 43.2 Å². The third-order valence-corrected chi connectivity index (χ3v) is 5.72. The van der Waals surface area contributed by atoms with Gasteiger partial charge in [-0.25, -0.2) is 0 Å². The van der Waals surface area contributed by atoms with Gasteiger partial charge in [0.05, 0.1) is 12.0 Å². The maximum absolute atomic E-state index is 12.3. The van der Waals surface area contributed by atoms with Crippen molar-refractivity contribution in [2.45, 2.75) is 43.1 Å². The maximum atomic E-state index is 12.3. The van der Waals surface area contributed by atoms with Crippen LogP contribution in [0.3, 0.4) is 0 Å². The van der Waals surface area contributed by atoms with Gasteiger partial charge in [-0.05, 0) is 37.1 Å². The summed E-state index contributed by atoms with van der Waals surface area (Å²) in [5.74, 6) is 1.61. The normalized spacial score (nSPS) is 16.8. The minimum absolute atomic E-state index is 0.137. The third kappa shape index (κ3) is 3.82. The number of carbonyl (C=O) groups is 1. The quantitative estimate of drug-likeness (QED) is 0.611. The largest absolute Gasteiger partial charge is 0.459 e. The number of rotatable bonds is 5. The summed E-state index contributed by atoms with van der Waals surface area (Å²) in [4.78, 5) is 12.3. The van der Waals surface area contributed by atoms with Crippen molar-refractivity contribution in [3.63, 3.8) is 0 Å². The van der Waals surface area contributed by atoms with E-state index >= 15 is 0 Å². The number of anilines is 1. The van der Waals surface area contributed by atoms with Gasteiger partial charge in [-0.2, -0.15) is 0 Å². The standard InChI is InChI=1S/C20H19N3O5S/c24-17(12-29-19-23-22-18(26-19)15-5-4-10-25-15)21-13-6-7-14-16(11-13)28-20(27-14)8-2-1-3-9-20/h4-7,10-11H,1-3,8-9,12H2,(H,21,24). The first kappa shape index (κ1) is 18.1.